The van der Waals surface area contributed by atoms with Crippen LogP contribution < -0.4 is 10.0 Å². The van der Waals surface area contributed by atoms with Gasteiger partial charge >= 0.3 is 0 Å². The van der Waals surface area contributed by atoms with E-state index in [1.54, 1.807) is 20.8 Å². The number of rotatable bonds is 7. The highest BCUT2D eigenvalue weighted by molar-refractivity contribution is 7.89. The molecule has 1 aromatic heterocycles. The summed E-state index contributed by atoms with van der Waals surface area (Å²) in [7, 11) is -3.83. The average molecular weight is 450 g/mol. The van der Waals surface area contributed by atoms with Crippen molar-refractivity contribution >= 4 is 15.9 Å². The lowest BCUT2D eigenvalue weighted by molar-refractivity contribution is -0.0212. The molecule has 1 aliphatic rings. The van der Waals surface area contributed by atoms with Crippen LogP contribution in [0.1, 0.15) is 49.4 Å². The molecule has 0 radical (unpaired) electrons. The van der Waals surface area contributed by atoms with Gasteiger partial charge in [0.1, 0.15) is 0 Å². The summed E-state index contributed by atoms with van der Waals surface area (Å²) in [6, 6.07) is 10.7. The van der Waals surface area contributed by atoms with Gasteiger partial charge in [0.2, 0.25) is 5.09 Å². The number of nitrogens with one attached hydrogen (secondary N) is 2. The summed E-state index contributed by atoms with van der Waals surface area (Å²) in [5.41, 5.74) is 1.47. The molecule has 1 fully saturated rings. The van der Waals surface area contributed by atoms with Gasteiger partial charge in [0, 0.05) is 31.7 Å². The molecule has 1 atom stereocenters. The van der Waals surface area contributed by atoms with Gasteiger partial charge in [-0.2, -0.15) is 0 Å². The van der Waals surface area contributed by atoms with Gasteiger partial charge in [-0.25, -0.2) is 13.1 Å². The molecule has 8 nitrogen and oxygen atoms in total. The molecule has 2 heterocycles. The quantitative estimate of drug-likeness (QED) is 0.674. The monoisotopic (exact) mass is 449 g/mol. The van der Waals surface area contributed by atoms with Crippen molar-refractivity contribution in [3.05, 3.63) is 53.3 Å². The van der Waals surface area contributed by atoms with E-state index < -0.39 is 21.5 Å². The number of morpholine rings is 1. The minimum Gasteiger partial charge on any atom is -0.438 e. The molecule has 1 aliphatic heterocycles. The molecule has 0 saturated carbocycles. The van der Waals surface area contributed by atoms with Crippen molar-refractivity contribution in [2.45, 2.75) is 57.5 Å². The molecule has 1 unspecified atom stereocenters. The first-order valence-electron chi connectivity index (χ1n) is 10.4. The van der Waals surface area contributed by atoms with E-state index >= 15 is 0 Å². The van der Waals surface area contributed by atoms with Gasteiger partial charge < -0.3 is 14.5 Å². The smallest absolute Gasteiger partial charge is 0.287 e. The van der Waals surface area contributed by atoms with Crippen molar-refractivity contribution in [3.8, 4) is 0 Å². The fourth-order valence-electron chi connectivity index (χ4n) is 3.44. The molecule has 0 aliphatic carbocycles. The van der Waals surface area contributed by atoms with Crippen LogP contribution in [0.3, 0.4) is 0 Å². The zero-order valence-corrected chi connectivity index (χ0v) is 19.3. The standard InChI is InChI=1S/C22H31N3O5S/c1-16-14-25(10-11-29-16)15-18-7-5-6-17(12-18)13-23-21(26)19-8-9-20(30-19)31(27,28)24-22(2,3)4/h5-9,12,16,24H,10-11,13-15H2,1-4H3,(H,23,26). The average Bonchev–Trinajstić information content (AvgIpc) is 3.16. The van der Waals surface area contributed by atoms with Gasteiger partial charge in [-0.05, 0) is 51.0 Å². The maximum atomic E-state index is 12.4. The molecule has 31 heavy (non-hydrogen) atoms. The lowest BCUT2D eigenvalue weighted by Crippen LogP contribution is -2.40. The SMILES string of the molecule is CC1CN(Cc2cccc(CNC(=O)c3ccc(S(=O)(=O)NC(C)(C)C)o3)c2)CCO1. The third kappa shape index (κ3) is 6.90. The van der Waals surface area contributed by atoms with Crippen LogP contribution in [-0.2, 0) is 27.8 Å². The Bertz CT molecular complexity index is 1010. The predicted octanol–water partition coefficient (Wildman–Crippen LogP) is 2.51. The number of hydrogen-bond donors (Lipinski definition) is 2. The van der Waals surface area contributed by atoms with E-state index in [4.69, 9.17) is 9.15 Å². The molecular weight excluding hydrogens is 418 g/mol. The summed E-state index contributed by atoms with van der Waals surface area (Å²) in [5.74, 6) is -0.516. The number of amides is 1. The number of carbonyl (C=O) groups excluding carboxylic acids is 1. The maximum Gasteiger partial charge on any atom is 0.287 e. The highest BCUT2D eigenvalue weighted by atomic mass is 32.2. The fourth-order valence-corrected chi connectivity index (χ4v) is 4.79. The van der Waals surface area contributed by atoms with Crippen molar-refractivity contribution in [2.24, 2.45) is 0 Å². The normalized spacial score (nSPS) is 18.1. The summed E-state index contributed by atoms with van der Waals surface area (Å²) in [5, 5.41) is 2.50. The molecule has 0 spiro atoms. The zero-order chi connectivity index (χ0) is 22.6. The Labute approximate surface area is 184 Å². The molecule has 9 heteroatoms. The second-order valence-electron chi connectivity index (χ2n) is 8.89. The highest BCUT2D eigenvalue weighted by Gasteiger charge is 2.26. The Morgan fingerprint density at radius 1 is 1.19 bits per heavy atom. The summed E-state index contributed by atoms with van der Waals surface area (Å²) >= 11 is 0. The van der Waals surface area contributed by atoms with Crippen LogP contribution in [-0.4, -0.2) is 50.6 Å². The van der Waals surface area contributed by atoms with Crippen LogP contribution >= 0.6 is 0 Å². The first-order chi connectivity index (χ1) is 14.5. The lowest BCUT2D eigenvalue weighted by atomic mass is 10.1. The molecule has 1 amide bonds. The Kier molecular flexibility index (Phi) is 7.20. The van der Waals surface area contributed by atoms with Crippen LogP contribution in [0.2, 0.25) is 0 Å². The van der Waals surface area contributed by atoms with Crippen LogP contribution in [0, 0.1) is 0 Å². The molecule has 170 valence electrons. The topological polar surface area (TPSA) is 101 Å². The Balaban J connectivity index is 1.58. The van der Waals surface area contributed by atoms with E-state index in [9.17, 15) is 13.2 Å². The van der Waals surface area contributed by atoms with Crippen LogP contribution in [0.15, 0.2) is 45.9 Å². The minimum atomic E-state index is -3.83. The van der Waals surface area contributed by atoms with Crippen LogP contribution in [0.25, 0.3) is 0 Å². The largest absolute Gasteiger partial charge is 0.438 e. The number of nitrogens with zero attached hydrogens (tertiary/aromatic N) is 1. The number of furan rings is 1. The Morgan fingerprint density at radius 2 is 1.94 bits per heavy atom. The van der Waals surface area contributed by atoms with Gasteiger partial charge in [0.15, 0.2) is 5.76 Å². The number of ether oxygens (including phenoxy) is 1. The van der Waals surface area contributed by atoms with E-state index in [0.717, 1.165) is 31.8 Å². The van der Waals surface area contributed by atoms with E-state index in [1.807, 2.05) is 12.1 Å². The van der Waals surface area contributed by atoms with Gasteiger partial charge in [-0.1, -0.05) is 24.3 Å². The molecule has 2 aromatic rings. The Hall–Kier alpha value is -2.20. The zero-order valence-electron chi connectivity index (χ0n) is 18.5. The molecule has 3 rings (SSSR count). The summed E-state index contributed by atoms with van der Waals surface area (Å²) in [4.78, 5) is 14.8. The number of carbonyl (C=O) groups is 1. The van der Waals surface area contributed by atoms with E-state index in [1.165, 1.54) is 17.7 Å². The number of sulfonamides is 1. The molecule has 1 saturated heterocycles. The minimum absolute atomic E-state index is 0.0484. The third-order valence-electron chi connectivity index (χ3n) is 4.69. The van der Waals surface area contributed by atoms with Crippen molar-refractivity contribution < 1.29 is 22.4 Å². The molecular formula is C22H31N3O5S. The van der Waals surface area contributed by atoms with Crippen LogP contribution in [0.5, 0.6) is 0 Å². The van der Waals surface area contributed by atoms with Gasteiger partial charge in [-0.3, -0.25) is 9.69 Å². The van der Waals surface area contributed by atoms with Gasteiger partial charge in [0.25, 0.3) is 15.9 Å². The molecule has 2 N–H and O–H groups in total. The molecule has 0 bridgehead atoms. The second kappa shape index (κ2) is 9.52. The second-order valence-corrected chi connectivity index (χ2v) is 10.5. The summed E-state index contributed by atoms with van der Waals surface area (Å²) in [6.45, 7) is 10.9. The predicted molar refractivity (Wildman–Crippen MR) is 117 cm³/mol. The van der Waals surface area contributed by atoms with E-state index in [2.05, 4.69) is 34.0 Å². The molecule has 1 aromatic carbocycles. The van der Waals surface area contributed by atoms with Gasteiger partial charge in [-0.15, -0.1) is 0 Å². The fraction of sp³-hybridized carbons (Fsp3) is 0.500. The van der Waals surface area contributed by atoms with Crippen molar-refractivity contribution in [3.63, 3.8) is 0 Å². The van der Waals surface area contributed by atoms with E-state index in [0.29, 0.717) is 6.54 Å². The van der Waals surface area contributed by atoms with Crippen molar-refractivity contribution in [2.75, 3.05) is 19.7 Å². The Morgan fingerprint density at radius 3 is 2.65 bits per heavy atom. The van der Waals surface area contributed by atoms with Crippen molar-refractivity contribution in [1.82, 2.24) is 14.9 Å². The number of hydrogen-bond acceptors (Lipinski definition) is 6. The summed E-state index contributed by atoms with van der Waals surface area (Å²) in [6.07, 6.45) is 0.233. The summed E-state index contributed by atoms with van der Waals surface area (Å²) < 4.78 is 38.1. The third-order valence-corrected chi connectivity index (χ3v) is 6.32. The van der Waals surface area contributed by atoms with Crippen LogP contribution in [0.4, 0.5) is 0 Å². The number of benzene rings is 1. The lowest BCUT2D eigenvalue weighted by Gasteiger charge is -2.31. The van der Waals surface area contributed by atoms with Crippen molar-refractivity contribution in [1.29, 1.82) is 0 Å². The van der Waals surface area contributed by atoms with Gasteiger partial charge in [0.05, 0.1) is 12.7 Å². The first-order valence-corrected chi connectivity index (χ1v) is 11.8. The first kappa shape index (κ1) is 23.5. The highest BCUT2D eigenvalue weighted by Crippen LogP contribution is 2.17. The maximum absolute atomic E-state index is 12.4. The van der Waals surface area contributed by atoms with E-state index in [-0.39, 0.29) is 17.0 Å².